The van der Waals surface area contributed by atoms with Gasteiger partial charge < -0.3 is 10.2 Å². The molecule has 21 heavy (non-hydrogen) atoms. The molecule has 1 aliphatic rings. The molecule has 1 aromatic carbocycles. The van der Waals surface area contributed by atoms with Crippen molar-refractivity contribution in [2.24, 2.45) is 5.92 Å². The summed E-state index contributed by atoms with van der Waals surface area (Å²) >= 11 is 0. The van der Waals surface area contributed by atoms with Crippen molar-refractivity contribution in [3.63, 3.8) is 0 Å². The fourth-order valence-electron chi connectivity index (χ4n) is 3.38. The lowest BCUT2D eigenvalue weighted by atomic mass is 9.84. The second-order valence-corrected chi connectivity index (χ2v) is 6.12. The lowest BCUT2D eigenvalue weighted by molar-refractivity contribution is 0.265. The highest BCUT2D eigenvalue weighted by Crippen LogP contribution is 2.27. The zero-order valence-corrected chi connectivity index (χ0v) is 13.4. The number of nitrogens with one attached hydrogen (secondary N) is 1. The van der Waals surface area contributed by atoms with Gasteiger partial charge in [0.1, 0.15) is 5.82 Å². The lowest BCUT2D eigenvalue weighted by Crippen LogP contribution is -2.44. The molecule has 1 aromatic rings. The highest BCUT2D eigenvalue weighted by atomic mass is 19.1. The molecule has 0 saturated heterocycles. The van der Waals surface area contributed by atoms with Gasteiger partial charge in [-0.05, 0) is 62.9 Å². The van der Waals surface area contributed by atoms with E-state index in [1.165, 1.54) is 32.1 Å². The summed E-state index contributed by atoms with van der Waals surface area (Å²) in [5, 5.41) is 3.72. The molecule has 2 unspecified atom stereocenters. The summed E-state index contributed by atoms with van der Waals surface area (Å²) in [6.07, 6.45) is 6.49. The Kier molecular flexibility index (Phi) is 6.50. The van der Waals surface area contributed by atoms with Crippen molar-refractivity contribution in [3.05, 3.63) is 30.1 Å². The quantitative estimate of drug-likeness (QED) is 0.810. The van der Waals surface area contributed by atoms with Crippen LogP contribution in [-0.4, -0.2) is 25.7 Å². The van der Waals surface area contributed by atoms with Crippen LogP contribution in [0, 0.1) is 11.7 Å². The molecule has 1 saturated carbocycles. The Hall–Kier alpha value is -1.09. The maximum atomic E-state index is 13.1. The van der Waals surface area contributed by atoms with Crippen LogP contribution >= 0.6 is 0 Å². The van der Waals surface area contributed by atoms with Crippen LogP contribution in [0.3, 0.4) is 0 Å². The van der Waals surface area contributed by atoms with Gasteiger partial charge in [-0.15, -0.1) is 0 Å². The van der Waals surface area contributed by atoms with Gasteiger partial charge in [-0.25, -0.2) is 4.39 Å². The van der Waals surface area contributed by atoms with Crippen LogP contribution in [0.4, 0.5) is 10.1 Å². The van der Waals surface area contributed by atoms with Crippen LogP contribution < -0.4 is 10.2 Å². The average Bonchev–Trinajstić information content (AvgIpc) is 2.52. The summed E-state index contributed by atoms with van der Waals surface area (Å²) in [5.74, 6) is 0.547. The molecule has 0 aliphatic heterocycles. The van der Waals surface area contributed by atoms with E-state index in [1.54, 1.807) is 12.1 Å². The number of anilines is 1. The lowest BCUT2D eigenvalue weighted by Gasteiger charge is -2.36. The monoisotopic (exact) mass is 292 g/mol. The van der Waals surface area contributed by atoms with Crippen molar-refractivity contribution in [2.45, 2.75) is 52.0 Å². The van der Waals surface area contributed by atoms with E-state index in [2.05, 4.69) is 24.1 Å². The summed E-state index contributed by atoms with van der Waals surface area (Å²) in [4.78, 5) is 2.38. The predicted octanol–water partition coefficient (Wildman–Crippen LogP) is 4.21. The number of hydrogen-bond donors (Lipinski definition) is 1. The summed E-state index contributed by atoms with van der Waals surface area (Å²) in [6, 6.07) is 7.57. The summed E-state index contributed by atoms with van der Waals surface area (Å²) in [5.41, 5.74) is 1.14. The number of rotatable bonds is 7. The van der Waals surface area contributed by atoms with Crippen molar-refractivity contribution in [1.82, 2.24) is 5.32 Å². The molecule has 2 atom stereocenters. The van der Waals surface area contributed by atoms with Crippen molar-refractivity contribution >= 4 is 5.69 Å². The van der Waals surface area contributed by atoms with Crippen LogP contribution in [0.5, 0.6) is 0 Å². The number of benzene rings is 1. The maximum Gasteiger partial charge on any atom is 0.123 e. The molecule has 0 spiro atoms. The van der Waals surface area contributed by atoms with E-state index < -0.39 is 0 Å². The molecule has 1 N–H and O–H groups in total. The minimum absolute atomic E-state index is 0.157. The van der Waals surface area contributed by atoms with E-state index in [-0.39, 0.29) is 5.82 Å². The van der Waals surface area contributed by atoms with Gasteiger partial charge in [0.15, 0.2) is 0 Å². The molecular formula is C18H29FN2. The van der Waals surface area contributed by atoms with Gasteiger partial charge in [0.05, 0.1) is 0 Å². The maximum absolute atomic E-state index is 13.1. The predicted molar refractivity (Wildman–Crippen MR) is 88.3 cm³/mol. The van der Waals surface area contributed by atoms with Gasteiger partial charge in [0.25, 0.3) is 0 Å². The van der Waals surface area contributed by atoms with E-state index in [1.807, 2.05) is 12.1 Å². The largest absolute Gasteiger partial charge is 0.371 e. The van der Waals surface area contributed by atoms with Gasteiger partial charge in [-0.3, -0.25) is 0 Å². The Morgan fingerprint density at radius 2 is 1.86 bits per heavy atom. The average molecular weight is 292 g/mol. The summed E-state index contributed by atoms with van der Waals surface area (Å²) in [6.45, 7) is 7.57. The fraction of sp³-hybridized carbons (Fsp3) is 0.667. The van der Waals surface area contributed by atoms with Crippen LogP contribution in [-0.2, 0) is 0 Å². The zero-order chi connectivity index (χ0) is 15.1. The van der Waals surface area contributed by atoms with Crippen LogP contribution in [0.2, 0.25) is 0 Å². The molecule has 0 bridgehead atoms. The molecule has 0 radical (unpaired) electrons. The van der Waals surface area contributed by atoms with Crippen LogP contribution in [0.15, 0.2) is 24.3 Å². The van der Waals surface area contributed by atoms with Crippen LogP contribution in [0.1, 0.15) is 46.0 Å². The number of halogens is 1. The van der Waals surface area contributed by atoms with Crippen molar-refractivity contribution in [1.29, 1.82) is 0 Å². The second kappa shape index (κ2) is 8.38. The first-order valence-electron chi connectivity index (χ1n) is 8.48. The molecule has 3 heteroatoms. The van der Waals surface area contributed by atoms with Gasteiger partial charge in [-0.2, -0.15) is 0 Å². The number of nitrogens with zero attached hydrogens (tertiary/aromatic N) is 1. The Balaban J connectivity index is 1.99. The third kappa shape index (κ3) is 4.70. The topological polar surface area (TPSA) is 15.3 Å². The highest BCUT2D eigenvalue weighted by molar-refractivity contribution is 5.46. The zero-order valence-electron chi connectivity index (χ0n) is 13.4. The standard InChI is InChI=1S/C18H29FN2/c1-3-13-20-18-8-6-5-7-15(18)14-21(4-2)17-11-9-16(19)10-12-17/h9-12,15,18,20H,3-8,13-14H2,1-2H3. The minimum atomic E-state index is -0.157. The van der Waals surface area contributed by atoms with E-state index >= 15 is 0 Å². The minimum Gasteiger partial charge on any atom is -0.371 e. The van der Waals surface area contributed by atoms with Gasteiger partial charge in [-0.1, -0.05) is 19.8 Å². The Bertz CT molecular complexity index is 404. The molecule has 0 amide bonds. The first-order valence-corrected chi connectivity index (χ1v) is 8.48. The smallest absolute Gasteiger partial charge is 0.123 e. The van der Waals surface area contributed by atoms with Crippen LogP contribution in [0.25, 0.3) is 0 Å². The van der Waals surface area contributed by atoms with Gasteiger partial charge in [0, 0.05) is 24.8 Å². The van der Waals surface area contributed by atoms with Crippen molar-refractivity contribution in [3.8, 4) is 0 Å². The normalized spacial score (nSPS) is 22.2. The van der Waals surface area contributed by atoms with Crippen molar-refractivity contribution in [2.75, 3.05) is 24.5 Å². The summed E-state index contributed by atoms with van der Waals surface area (Å²) in [7, 11) is 0. The highest BCUT2D eigenvalue weighted by Gasteiger charge is 2.26. The molecule has 2 nitrogen and oxygen atoms in total. The summed E-state index contributed by atoms with van der Waals surface area (Å²) < 4.78 is 13.1. The Labute approximate surface area is 128 Å². The van der Waals surface area contributed by atoms with Crippen molar-refractivity contribution < 1.29 is 4.39 Å². The molecule has 2 rings (SSSR count). The first-order chi connectivity index (χ1) is 10.2. The molecule has 0 heterocycles. The third-order valence-corrected chi connectivity index (χ3v) is 4.59. The van der Waals surface area contributed by atoms with E-state index in [0.29, 0.717) is 12.0 Å². The first kappa shape index (κ1) is 16.3. The third-order valence-electron chi connectivity index (χ3n) is 4.59. The fourth-order valence-corrected chi connectivity index (χ4v) is 3.38. The molecule has 1 fully saturated rings. The van der Waals surface area contributed by atoms with Gasteiger partial charge >= 0.3 is 0 Å². The van der Waals surface area contributed by atoms with Gasteiger partial charge in [0.2, 0.25) is 0 Å². The Morgan fingerprint density at radius 3 is 2.52 bits per heavy atom. The van der Waals surface area contributed by atoms with E-state index in [0.717, 1.165) is 25.3 Å². The Morgan fingerprint density at radius 1 is 1.14 bits per heavy atom. The second-order valence-electron chi connectivity index (χ2n) is 6.12. The number of hydrogen-bond acceptors (Lipinski definition) is 2. The molecule has 118 valence electrons. The van der Waals surface area contributed by atoms with E-state index in [4.69, 9.17) is 0 Å². The molecule has 1 aliphatic carbocycles. The SMILES string of the molecule is CCCNC1CCCCC1CN(CC)c1ccc(F)cc1. The molecular weight excluding hydrogens is 263 g/mol. The molecule has 0 aromatic heterocycles. The van der Waals surface area contributed by atoms with E-state index in [9.17, 15) is 4.39 Å².